The van der Waals surface area contributed by atoms with Gasteiger partial charge in [-0.05, 0) is 150 Å². The Kier molecular flexibility index (Phi) is 14.1. The Morgan fingerprint density at radius 1 is 0.475 bits per heavy atom. The minimum Gasteiger partial charge on any atom is -0.510 e. The highest BCUT2D eigenvalue weighted by Crippen LogP contribution is 2.49. The molecule has 0 atom stereocenters. The molecule has 4 aromatic rings. The van der Waals surface area contributed by atoms with E-state index in [0.29, 0.717) is 39.0 Å². The topological polar surface area (TPSA) is 109 Å². The highest BCUT2D eigenvalue weighted by atomic mass is 35.5. The molecule has 0 bridgehead atoms. The van der Waals surface area contributed by atoms with Crippen molar-refractivity contribution < 1.29 is 29.4 Å². The van der Waals surface area contributed by atoms with Crippen LogP contribution in [0.2, 0.25) is 15.1 Å². The second-order valence-electron chi connectivity index (χ2n) is 16.8. The predicted octanol–water partition coefficient (Wildman–Crippen LogP) is 13.8. The first-order valence-corrected chi connectivity index (χ1v) is 21.1. The molecule has 0 aromatic heterocycles. The number of carbonyl (C=O) groups is 4. The molecular weight excluding hydrogens is 803 g/mol. The van der Waals surface area contributed by atoms with Crippen molar-refractivity contribution in [3.8, 4) is 22.3 Å². The fourth-order valence-electron chi connectivity index (χ4n) is 7.92. The molecule has 0 saturated heterocycles. The number of aryl methyl sites for hydroxylation is 2. The summed E-state index contributed by atoms with van der Waals surface area (Å²) in [5, 5.41) is 23.7. The van der Waals surface area contributed by atoms with Crippen molar-refractivity contribution in [3.63, 3.8) is 0 Å². The Hall–Kier alpha value is -4.49. The molecule has 0 heterocycles. The summed E-state index contributed by atoms with van der Waals surface area (Å²) in [6.07, 6.45) is 1.36. The van der Waals surface area contributed by atoms with E-state index in [1.54, 1.807) is 73.6 Å². The molecule has 0 radical (unpaired) electrons. The standard InChI is InChI=1S/C24H24Cl2O3.C24H25ClO3.C2H6/c1-6-13-7-8-14(16-12-15(25)9-10-18(16)26)11-17(13)19-20(27)23(2,3)22(29)24(4,5)21(19)28;1-6-14-10-11-16(15-8-7-9-17(25)12-15)13-18(14)19-20(26)23(2,3)22(28)24(4,5)21(19)27;1-2/h7-12,27H,6H2,1-5H3;7-13,26H,6H2,1-5H3;1-2H3. The third-order valence-corrected chi connectivity index (χ3v) is 12.2. The van der Waals surface area contributed by atoms with Gasteiger partial charge in [-0.25, -0.2) is 0 Å². The number of benzene rings is 4. The number of hydrogen-bond donors (Lipinski definition) is 2. The number of allylic oxidation sites excluding steroid dienone is 4. The normalized spacial score (nSPS) is 17.9. The van der Waals surface area contributed by atoms with Gasteiger partial charge in [0.2, 0.25) is 0 Å². The minimum absolute atomic E-state index is 0.153. The van der Waals surface area contributed by atoms with E-state index < -0.39 is 21.7 Å². The van der Waals surface area contributed by atoms with E-state index in [9.17, 15) is 29.4 Å². The summed E-state index contributed by atoms with van der Waals surface area (Å²) in [6.45, 7) is 21.2. The van der Waals surface area contributed by atoms with Gasteiger partial charge < -0.3 is 10.2 Å². The van der Waals surface area contributed by atoms with Crippen LogP contribution in [0.25, 0.3) is 33.4 Å². The van der Waals surface area contributed by atoms with Crippen molar-refractivity contribution in [3.05, 3.63) is 128 Å². The van der Waals surface area contributed by atoms with E-state index >= 15 is 0 Å². The van der Waals surface area contributed by atoms with Gasteiger partial charge in [0.1, 0.15) is 11.5 Å². The number of Topliss-reactive ketones (excluding diaryl/α,β-unsaturated/α-hetero) is 4. The van der Waals surface area contributed by atoms with Gasteiger partial charge in [-0.1, -0.05) is 98.9 Å². The Morgan fingerprint density at radius 3 is 1.32 bits per heavy atom. The van der Waals surface area contributed by atoms with Gasteiger partial charge in [0, 0.05) is 20.6 Å². The van der Waals surface area contributed by atoms with Gasteiger partial charge in [-0.15, -0.1) is 0 Å². The lowest BCUT2D eigenvalue weighted by atomic mass is 9.62. The zero-order valence-corrected chi connectivity index (χ0v) is 38.3. The highest BCUT2D eigenvalue weighted by molar-refractivity contribution is 6.36. The quantitative estimate of drug-likeness (QED) is 0.187. The third kappa shape index (κ3) is 8.60. The zero-order valence-electron chi connectivity index (χ0n) is 36.1. The number of ketones is 4. The summed E-state index contributed by atoms with van der Waals surface area (Å²) in [5.74, 6) is -1.61. The fourth-order valence-corrected chi connectivity index (χ4v) is 8.51. The molecule has 9 heteroatoms. The van der Waals surface area contributed by atoms with E-state index in [1.165, 1.54) is 0 Å². The van der Waals surface area contributed by atoms with Gasteiger partial charge >= 0.3 is 0 Å². The van der Waals surface area contributed by atoms with E-state index in [-0.39, 0.29) is 45.8 Å². The van der Waals surface area contributed by atoms with Crippen molar-refractivity contribution in [1.29, 1.82) is 0 Å². The summed E-state index contributed by atoms with van der Waals surface area (Å²) in [6, 6.07) is 24.3. The molecule has 0 fully saturated rings. The lowest BCUT2D eigenvalue weighted by molar-refractivity contribution is -0.144. The summed E-state index contributed by atoms with van der Waals surface area (Å²) >= 11 is 18.7. The average Bonchev–Trinajstić information content (AvgIpc) is 3.21. The van der Waals surface area contributed by atoms with E-state index in [2.05, 4.69) is 0 Å². The van der Waals surface area contributed by atoms with Gasteiger partial charge in [-0.2, -0.15) is 0 Å². The molecular formula is C50H55Cl3O6. The molecule has 6 nitrogen and oxygen atoms in total. The van der Waals surface area contributed by atoms with Crippen molar-refractivity contribution >= 4 is 69.1 Å². The van der Waals surface area contributed by atoms with Crippen LogP contribution in [0.4, 0.5) is 0 Å². The van der Waals surface area contributed by atoms with Crippen LogP contribution in [0.5, 0.6) is 0 Å². The van der Waals surface area contributed by atoms with Gasteiger partial charge in [-0.3, -0.25) is 19.2 Å². The summed E-state index contributed by atoms with van der Waals surface area (Å²) in [7, 11) is 0. The fraction of sp³-hybridized carbons (Fsp3) is 0.360. The molecule has 0 aliphatic heterocycles. The molecule has 2 aliphatic rings. The Morgan fingerprint density at radius 2 is 0.881 bits per heavy atom. The van der Waals surface area contributed by atoms with Crippen molar-refractivity contribution in [2.75, 3.05) is 0 Å². The smallest absolute Gasteiger partial charge is 0.179 e. The summed E-state index contributed by atoms with van der Waals surface area (Å²) in [5.41, 5.74) is 2.26. The first-order valence-electron chi connectivity index (χ1n) is 20.0. The number of rotatable bonds is 6. The molecule has 0 amide bonds. The van der Waals surface area contributed by atoms with E-state index in [0.717, 1.165) is 33.4 Å². The number of aliphatic hydroxyl groups excluding tert-OH is 2. The molecule has 0 unspecified atom stereocenters. The van der Waals surface area contributed by atoms with Crippen LogP contribution in [0, 0.1) is 21.7 Å². The SMILES string of the molecule is CC.CCc1ccc(-c2cc(Cl)ccc2Cl)cc1C1=C(O)C(C)(C)C(=O)C(C)(C)C1=O.CCc1ccc(-c2cccc(Cl)c2)cc1C1=C(O)C(C)(C)C(=O)C(C)(C)C1=O. The van der Waals surface area contributed by atoms with Crippen molar-refractivity contribution in [1.82, 2.24) is 0 Å². The molecule has 2 aliphatic carbocycles. The number of carbonyl (C=O) groups excluding carboxylic acids is 4. The van der Waals surface area contributed by atoms with Crippen molar-refractivity contribution in [2.24, 2.45) is 21.7 Å². The predicted molar refractivity (Wildman–Crippen MR) is 243 cm³/mol. The van der Waals surface area contributed by atoms with Crippen LogP contribution in [-0.4, -0.2) is 33.3 Å². The number of hydrogen-bond acceptors (Lipinski definition) is 6. The molecule has 0 spiro atoms. The van der Waals surface area contributed by atoms with Crippen LogP contribution < -0.4 is 0 Å². The van der Waals surface area contributed by atoms with Crippen LogP contribution in [0.1, 0.15) is 105 Å². The molecule has 0 saturated carbocycles. The minimum atomic E-state index is -1.22. The second kappa shape index (κ2) is 17.6. The largest absolute Gasteiger partial charge is 0.510 e. The zero-order chi connectivity index (χ0) is 44.6. The maximum Gasteiger partial charge on any atom is 0.179 e. The molecule has 312 valence electrons. The Bertz CT molecular complexity index is 2410. The van der Waals surface area contributed by atoms with Gasteiger partial charge in [0.25, 0.3) is 0 Å². The second-order valence-corrected chi connectivity index (χ2v) is 18.1. The summed E-state index contributed by atoms with van der Waals surface area (Å²) in [4.78, 5) is 52.2. The van der Waals surface area contributed by atoms with Crippen LogP contribution in [0.3, 0.4) is 0 Å². The number of halogens is 3. The van der Waals surface area contributed by atoms with Crippen LogP contribution in [0.15, 0.2) is 90.4 Å². The number of aliphatic hydroxyl groups is 2. The van der Waals surface area contributed by atoms with Gasteiger partial charge in [0.15, 0.2) is 23.1 Å². The lowest BCUT2D eigenvalue weighted by Crippen LogP contribution is -2.48. The molecule has 6 rings (SSSR count). The monoisotopic (exact) mass is 856 g/mol. The van der Waals surface area contributed by atoms with E-state index in [4.69, 9.17) is 34.8 Å². The third-order valence-electron chi connectivity index (χ3n) is 11.4. The maximum absolute atomic E-state index is 13.3. The average molecular weight is 858 g/mol. The van der Waals surface area contributed by atoms with E-state index in [1.807, 2.05) is 88.4 Å². The first kappa shape index (κ1) is 47.2. The highest BCUT2D eigenvalue weighted by Gasteiger charge is 2.54. The van der Waals surface area contributed by atoms with Crippen LogP contribution in [-0.2, 0) is 32.0 Å². The first-order chi connectivity index (χ1) is 27.4. The van der Waals surface area contributed by atoms with Gasteiger partial charge in [0.05, 0.1) is 32.8 Å². The summed E-state index contributed by atoms with van der Waals surface area (Å²) < 4.78 is 0. The maximum atomic E-state index is 13.3. The van der Waals surface area contributed by atoms with Crippen LogP contribution >= 0.6 is 34.8 Å². The molecule has 59 heavy (non-hydrogen) atoms. The lowest BCUT2D eigenvalue weighted by Gasteiger charge is -2.38. The Labute approximate surface area is 364 Å². The van der Waals surface area contributed by atoms with Crippen molar-refractivity contribution in [2.45, 2.75) is 95.9 Å². The molecule has 4 aromatic carbocycles. The molecule has 2 N–H and O–H groups in total. The Balaban J connectivity index is 0.000000250.